The molecule has 29 heavy (non-hydrogen) atoms. The van der Waals surface area contributed by atoms with E-state index in [1.807, 2.05) is 45.0 Å². The van der Waals surface area contributed by atoms with Crippen molar-refractivity contribution in [1.82, 2.24) is 9.97 Å². The molecule has 0 saturated heterocycles. The van der Waals surface area contributed by atoms with E-state index in [9.17, 15) is 9.59 Å². The molecule has 0 aliphatic rings. The molecule has 1 heterocycles. The molecule has 3 rings (SSSR count). The van der Waals surface area contributed by atoms with Gasteiger partial charge in [0, 0.05) is 5.56 Å². The van der Waals surface area contributed by atoms with E-state index >= 15 is 0 Å². The van der Waals surface area contributed by atoms with Crippen LogP contribution in [0.15, 0.2) is 48.8 Å². The fourth-order valence-electron chi connectivity index (χ4n) is 3.02. The van der Waals surface area contributed by atoms with Crippen LogP contribution in [0.2, 0.25) is 0 Å². The highest BCUT2D eigenvalue weighted by molar-refractivity contribution is 6.00. The van der Waals surface area contributed by atoms with Gasteiger partial charge in [0.1, 0.15) is 11.9 Å². The lowest BCUT2D eigenvalue weighted by atomic mass is 9.99. The van der Waals surface area contributed by atoms with Crippen LogP contribution in [-0.4, -0.2) is 34.1 Å². The predicted octanol–water partition coefficient (Wildman–Crippen LogP) is 4.36. The van der Waals surface area contributed by atoms with Crippen LogP contribution in [-0.2, 0) is 20.7 Å². The molecule has 0 fully saturated rings. The van der Waals surface area contributed by atoms with Crippen molar-refractivity contribution in [3.63, 3.8) is 0 Å². The van der Waals surface area contributed by atoms with Crippen molar-refractivity contribution in [2.24, 2.45) is 0 Å². The van der Waals surface area contributed by atoms with Gasteiger partial charge in [0.05, 0.1) is 30.0 Å². The van der Waals surface area contributed by atoms with Gasteiger partial charge in [-0.25, -0.2) is 14.8 Å². The lowest BCUT2D eigenvalue weighted by Crippen LogP contribution is -2.25. The number of fused-ring (bicyclic) bond motifs is 1. The van der Waals surface area contributed by atoms with E-state index in [2.05, 4.69) is 9.97 Å². The smallest absolute Gasteiger partial charge is 0.338 e. The van der Waals surface area contributed by atoms with Crippen LogP contribution in [0.3, 0.4) is 0 Å². The SMILES string of the molecule is CCOC(=O)c1ccc2c(-c3cc(CC(=O)OC(C)(C)C)ncn3)cccc2c1. The van der Waals surface area contributed by atoms with Crippen molar-refractivity contribution in [2.75, 3.05) is 6.61 Å². The third-order valence-corrected chi connectivity index (χ3v) is 4.14. The Hall–Kier alpha value is -3.28. The average Bonchev–Trinajstić information content (AvgIpc) is 2.66. The molecule has 1 aromatic heterocycles. The van der Waals surface area contributed by atoms with Gasteiger partial charge in [0.25, 0.3) is 0 Å². The number of nitrogens with zero attached hydrogens (tertiary/aromatic N) is 2. The van der Waals surface area contributed by atoms with Crippen LogP contribution in [0.4, 0.5) is 0 Å². The maximum atomic E-state index is 12.1. The van der Waals surface area contributed by atoms with Gasteiger partial charge < -0.3 is 9.47 Å². The van der Waals surface area contributed by atoms with Crippen molar-refractivity contribution in [1.29, 1.82) is 0 Å². The number of carbonyl (C=O) groups is 2. The zero-order valence-corrected chi connectivity index (χ0v) is 17.1. The summed E-state index contributed by atoms with van der Waals surface area (Å²) < 4.78 is 10.4. The fourth-order valence-corrected chi connectivity index (χ4v) is 3.02. The van der Waals surface area contributed by atoms with Crippen LogP contribution >= 0.6 is 0 Å². The number of carbonyl (C=O) groups excluding carboxylic acids is 2. The highest BCUT2D eigenvalue weighted by Crippen LogP contribution is 2.28. The average molecular weight is 392 g/mol. The van der Waals surface area contributed by atoms with Crippen molar-refractivity contribution in [2.45, 2.75) is 39.7 Å². The first kappa shape index (κ1) is 20.5. The van der Waals surface area contributed by atoms with Gasteiger partial charge >= 0.3 is 11.9 Å². The van der Waals surface area contributed by atoms with Gasteiger partial charge in [0.2, 0.25) is 0 Å². The molecule has 3 aromatic rings. The van der Waals surface area contributed by atoms with Crippen LogP contribution in [0, 0.1) is 0 Å². The number of esters is 2. The largest absolute Gasteiger partial charge is 0.462 e. The normalized spacial score (nSPS) is 11.3. The molecule has 0 radical (unpaired) electrons. The van der Waals surface area contributed by atoms with Gasteiger partial charge in [0.15, 0.2) is 0 Å². The highest BCUT2D eigenvalue weighted by Gasteiger charge is 2.17. The minimum absolute atomic E-state index is 0.0740. The number of benzene rings is 2. The topological polar surface area (TPSA) is 78.4 Å². The first-order valence-corrected chi connectivity index (χ1v) is 9.50. The van der Waals surface area contributed by atoms with Gasteiger partial charge in [-0.05, 0) is 56.7 Å². The summed E-state index contributed by atoms with van der Waals surface area (Å²) in [6, 6.07) is 13.0. The van der Waals surface area contributed by atoms with Gasteiger partial charge in [-0.15, -0.1) is 0 Å². The van der Waals surface area contributed by atoms with Crippen LogP contribution in [0.25, 0.3) is 22.0 Å². The summed E-state index contributed by atoms with van der Waals surface area (Å²) in [7, 11) is 0. The summed E-state index contributed by atoms with van der Waals surface area (Å²) in [4.78, 5) is 32.7. The summed E-state index contributed by atoms with van der Waals surface area (Å²) >= 11 is 0. The molecule has 6 nitrogen and oxygen atoms in total. The van der Waals surface area contributed by atoms with Crippen LogP contribution < -0.4 is 0 Å². The first-order valence-electron chi connectivity index (χ1n) is 9.50. The molecule has 150 valence electrons. The van der Waals surface area contributed by atoms with E-state index in [1.54, 1.807) is 25.1 Å². The summed E-state index contributed by atoms with van der Waals surface area (Å²) in [5, 5.41) is 1.85. The zero-order chi connectivity index (χ0) is 21.0. The van der Waals surface area contributed by atoms with Gasteiger partial charge in [-0.3, -0.25) is 4.79 Å². The summed E-state index contributed by atoms with van der Waals surface area (Å²) in [6.07, 6.45) is 1.52. The molecule has 2 aromatic carbocycles. The quantitative estimate of drug-likeness (QED) is 0.601. The molecule has 0 saturated carbocycles. The summed E-state index contributed by atoms with van der Waals surface area (Å²) in [5.41, 5.74) is 2.15. The van der Waals surface area contributed by atoms with Crippen LogP contribution in [0.5, 0.6) is 0 Å². The third kappa shape index (κ3) is 5.16. The van der Waals surface area contributed by atoms with E-state index in [0.29, 0.717) is 23.6 Å². The second-order valence-corrected chi connectivity index (χ2v) is 7.62. The van der Waals surface area contributed by atoms with Gasteiger partial charge in [-0.1, -0.05) is 24.3 Å². The molecule has 6 heteroatoms. The second kappa shape index (κ2) is 8.39. The Balaban J connectivity index is 1.92. The molecular formula is C23H24N2O4. The molecular weight excluding hydrogens is 368 g/mol. The maximum absolute atomic E-state index is 12.1. The van der Waals surface area contributed by atoms with Crippen molar-refractivity contribution in [3.8, 4) is 11.3 Å². The van der Waals surface area contributed by atoms with E-state index in [0.717, 1.165) is 16.3 Å². The number of hydrogen-bond donors (Lipinski definition) is 0. The fraction of sp³-hybridized carbons (Fsp3) is 0.304. The number of aromatic nitrogens is 2. The van der Waals surface area contributed by atoms with Crippen molar-refractivity contribution in [3.05, 3.63) is 60.0 Å². The molecule has 0 N–H and O–H groups in total. The van der Waals surface area contributed by atoms with Crippen molar-refractivity contribution >= 4 is 22.7 Å². The Morgan fingerprint density at radius 3 is 2.55 bits per heavy atom. The summed E-state index contributed by atoms with van der Waals surface area (Å²) in [5.74, 6) is -0.680. The van der Waals surface area contributed by atoms with E-state index in [1.165, 1.54) is 6.33 Å². The Morgan fingerprint density at radius 1 is 1.03 bits per heavy atom. The molecule has 0 spiro atoms. The van der Waals surface area contributed by atoms with E-state index < -0.39 is 5.60 Å². The molecule has 0 aliphatic carbocycles. The van der Waals surface area contributed by atoms with Crippen LogP contribution in [0.1, 0.15) is 43.7 Å². The first-order chi connectivity index (χ1) is 13.8. The Kier molecular flexibility index (Phi) is 5.92. The number of hydrogen-bond acceptors (Lipinski definition) is 6. The maximum Gasteiger partial charge on any atom is 0.338 e. The predicted molar refractivity (Wildman–Crippen MR) is 110 cm³/mol. The zero-order valence-electron chi connectivity index (χ0n) is 17.1. The Morgan fingerprint density at radius 2 is 1.83 bits per heavy atom. The molecule has 0 amide bonds. The minimum atomic E-state index is -0.542. The lowest BCUT2D eigenvalue weighted by molar-refractivity contribution is -0.154. The Bertz CT molecular complexity index is 1050. The summed E-state index contributed by atoms with van der Waals surface area (Å²) in [6.45, 7) is 7.60. The van der Waals surface area contributed by atoms with Crippen molar-refractivity contribution < 1.29 is 19.1 Å². The highest BCUT2D eigenvalue weighted by atomic mass is 16.6. The second-order valence-electron chi connectivity index (χ2n) is 7.62. The lowest BCUT2D eigenvalue weighted by Gasteiger charge is -2.19. The number of ether oxygens (including phenoxy) is 2. The number of rotatable bonds is 5. The molecule has 0 bridgehead atoms. The third-order valence-electron chi connectivity index (χ3n) is 4.14. The monoisotopic (exact) mass is 392 g/mol. The molecule has 0 unspecified atom stereocenters. The van der Waals surface area contributed by atoms with E-state index in [4.69, 9.17) is 9.47 Å². The minimum Gasteiger partial charge on any atom is -0.462 e. The van der Waals surface area contributed by atoms with E-state index in [-0.39, 0.29) is 18.4 Å². The molecule has 0 atom stereocenters. The Labute approximate surface area is 169 Å². The van der Waals surface area contributed by atoms with Gasteiger partial charge in [-0.2, -0.15) is 0 Å². The standard InChI is InChI=1S/C23H24N2O4/c1-5-28-22(27)16-9-10-18-15(11-16)7-6-8-19(18)20-12-17(24-14-25-20)13-21(26)29-23(2,3)4/h6-12,14H,5,13H2,1-4H3. The molecule has 0 aliphatic heterocycles.